The van der Waals surface area contributed by atoms with Crippen LogP contribution in [0.1, 0.15) is 27.6 Å². The molecule has 1 aliphatic heterocycles. The van der Waals surface area contributed by atoms with Gasteiger partial charge in [0.2, 0.25) is 0 Å². The first kappa shape index (κ1) is 24.1. The molecule has 8 heteroatoms. The Labute approximate surface area is 208 Å². The minimum atomic E-state index is -0.246. The number of aryl methyl sites for hydroxylation is 1. The smallest absolute Gasteiger partial charge is 0.261 e. The zero-order valence-corrected chi connectivity index (χ0v) is 20.3. The molecule has 1 saturated heterocycles. The molecule has 1 fully saturated rings. The number of piperidine rings is 1. The van der Waals surface area contributed by atoms with Gasteiger partial charge in [-0.3, -0.25) is 9.48 Å². The summed E-state index contributed by atoms with van der Waals surface area (Å²) in [6.45, 7) is 1.50. The second-order valence-corrected chi connectivity index (χ2v) is 9.38. The fourth-order valence-electron chi connectivity index (χ4n) is 4.53. The SMILES string of the molecule is Cl.Cn1ncc(-c2ccccc2)c1-c1ccc(C(=O)N[C@@H]2CNCC[C@H]2c2cccc(F)c2)s1. The van der Waals surface area contributed by atoms with Crippen LogP contribution in [0, 0.1) is 5.82 Å². The number of hydrogen-bond acceptors (Lipinski definition) is 4. The van der Waals surface area contributed by atoms with Gasteiger partial charge in [-0.25, -0.2) is 4.39 Å². The Balaban J connectivity index is 0.00000274. The molecule has 1 aliphatic rings. The van der Waals surface area contributed by atoms with E-state index < -0.39 is 0 Å². The van der Waals surface area contributed by atoms with E-state index in [1.807, 2.05) is 54.3 Å². The van der Waals surface area contributed by atoms with Crippen molar-refractivity contribution in [3.63, 3.8) is 0 Å². The fraction of sp³-hybridized carbons (Fsp3) is 0.231. The topological polar surface area (TPSA) is 59.0 Å². The maximum Gasteiger partial charge on any atom is 0.261 e. The molecule has 1 amide bonds. The number of halogens is 2. The van der Waals surface area contributed by atoms with Crippen molar-refractivity contribution >= 4 is 29.7 Å². The lowest BCUT2D eigenvalue weighted by Crippen LogP contribution is -2.49. The van der Waals surface area contributed by atoms with Crippen LogP contribution in [-0.2, 0) is 7.05 Å². The summed E-state index contributed by atoms with van der Waals surface area (Å²) in [4.78, 5) is 14.8. The molecule has 5 rings (SSSR count). The van der Waals surface area contributed by atoms with Gasteiger partial charge in [-0.2, -0.15) is 5.10 Å². The summed E-state index contributed by atoms with van der Waals surface area (Å²) in [6, 6.07) is 20.6. The molecule has 0 aliphatic carbocycles. The summed E-state index contributed by atoms with van der Waals surface area (Å²) in [6.07, 6.45) is 2.71. The molecular formula is C26H26ClFN4OS. The molecule has 0 radical (unpaired) electrons. The number of rotatable bonds is 5. The maximum atomic E-state index is 13.8. The minimum Gasteiger partial charge on any atom is -0.347 e. The molecule has 0 unspecified atom stereocenters. The van der Waals surface area contributed by atoms with Gasteiger partial charge in [-0.05, 0) is 48.4 Å². The molecule has 176 valence electrons. The molecule has 2 atom stereocenters. The van der Waals surface area contributed by atoms with Crippen LogP contribution in [0.15, 0.2) is 72.9 Å². The summed E-state index contributed by atoms with van der Waals surface area (Å²) < 4.78 is 15.6. The average Bonchev–Trinajstić information content (AvgIpc) is 3.47. The van der Waals surface area contributed by atoms with E-state index in [2.05, 4.69) is 27.9 Å². The highest BCUT2D eigenvalue weighted by Crippen LogP contribution is 2.36. The molecule has 34 heavy (non-hydrogen) atoms. The van der Waals surface area contributed by atoms with Crippen molar-refractivity contribution in [3.05, 3.63) is 89.2 Å². The molecule has 0 saturated carbocycles. The normalized spacial score (nSPS) is 17.7. The van der Waals surface area contributed by atoms with Gasteiger partial charge in [-0.15, -0.1) is 23.7 Å². The predicted molar refractivity (Wildman–Crippen MR) is 137 cm³/mol. The van der Waals surface area contributed by atoms with E-state index in [9.17, 15) is 9.18 Å². The van der Waals surface area contributed by atoms with Gasteiger partial charge < -0.3 is 10.6 Å². The van der Waals surface area contributed by atoms with E-state index in [0.29, 0.717) is 11.4 Å². The van der Waals surface area contributed by atoms with Crippen molar-refractivity contribution in [2.24, 2.45) is 7.05 Å². The Hall–Kier alpha value is -3.00. The van der Waals surface area contributed by atoms with Gasteiger partial charge in [0, 0.05) is 31.1 Å². The number of nitrogens with zero attached hydrogens (tertiary/aromatic N) is 2. The van der Waals surface area contributed by atoms with Crippen molar-refractivity contribution in [1.82, 2.24) is 20.4 Å². The molecule has 3 heterocycles. The van der Waals surface area contributed by atoms with Crippen molar-refractivity contribution in [2.45, 2.75) is 18.4 Å². The lowest BCUT2D eigenvalue weighted by Gasteiger charge is -2.33. The largest absolute Gasteiger partial charge is 0.347 e. The molecule has 0 bridgehead atoms. The van der Waals surface area contributed by atoms with E-state index in [-0.39, 0.29) is 36.1 Å². The van der Waals surface area contributed by atoms with Gasteiger partial charge >= 0.3 is 0 Å². The standard InChI is InChI=1S/C26H25FN4OS.ClH/c1-31-25(21(15-29-31)17-6-3-2-4-7-17)23-10-11-24(33-23)26(32)30-22-16-28-13-12-20(22)18-8-5-9-19(27)14-18;/h2-11,14-15,20,22,28H,12-13,16H2,1H3,(H,30,32);1H/t20-,22+;/m0./s1. The Morgan fingerprint density at radius 1 is 1.15 bits per heavy atom. The van der Waals surface area contributed by atoms with Gasteiger partial charge in [0.15, 0.2) is 0 Å². The highest BCUT2D eigenvalue weighted by molar-refractivity contribution is 7.17. The van der Waals surface area contributed by atoms with E-state index >= 15 is 0 Å². The summed E-state index contributed by atoms with van der Waals surface area (Å²) in [5.41, 5.74) is 4.04. The van der Waals surface area contributed by atoms with Crippen LogP contribution < -0.4 is 10.6 Å². The first-order chi connectivity index (χ1) is 16.1. The minimum absolute atomic E-state index is 0. The number of carbonyl (C=O) groups is 1. The van der Waals surface area contributed by atoms with Crippen molar-refractivity contribution in [3.8, 4) is 21.7 Å². The predicted octanol–water partition coefficient (Wildman–Crippen LogP) is 5.25. The molecule has 5 nitrogen and oxygen atoms in total. The molecule has 0 spiro atoms. The summed E-state index contributed by atoms with van der Waals surface area (Å²) >= 11 is 1.46. The Bertz CT molecular complexity index is 1270. The van der Waals surface area contributed by atoms with E-state index in [1.165, 1.54) is 17.4 Å². The van der Waals surface area contributed by atoms with Gasteiger partial charge in [0.05, 0.1) is 21.6 Å². The molecule has 2 N–H and O–H groups in total. The number of thiophene rings is 1. The van der Waals surface area contributed by atoms with E-state index in [4.69, 9.17) is 0 Å². The maximum absolute atomic E-state index is 13.8. The molecular weight excluding hydrogens is 471 g/mol. The highest BCUT2D eigenvalue weighted by Gasteiger charge is 2.29. The van der Waals surface area contributed by atoms with Gasteiger partial charge in [0.25, 0.3) is 5.91 Å². The number of hydrogen-bond donors (Lipinski definition) is 2. The summed E-state index contributed by atoms with van der Waals surface area (Å²) in [5, 5.41) is 11.0. The molecule has 4 aromatic rings. The molecule has 2 aromatic carbocycles. The Kier molecular flexibility index (Phi) is 7.46. The van der Waals surface area contributed by atoms with Gasteiger partial charge in [0.1, 0.15) is 5.82 Å². The summed E-state index contributed by atoms with van der Waals surface area (Å²) in [5.74, 6) is -0.277. The van der Waals surface area contributed by atoms with Crippen LogP contribution in [-0.4, -0.2) is 34.8 Å². The van der Waals surface area contributed by atoms with Crippen molar-refractivity contribution in [2.75, 3.05) is 13.1 Å². The van der Waals surface area contributed by atoms with Crippen LogP contribution in [0.4, 0.5) is 4.39 Å². The zero-order valence-electron chi connectivity index (χ0n) is 18.7. The zero-order chi connectivity index (χ0) is 22.8. The highest BCUT2D eigenvalue weighted by atomic mass is 35.5. The first-order valence-electron chi connectivity index (χ1n) is 11.0. The second kappa shape index (κ2) is 10.5. The lowest BCUT2D eigenvalue weighted by atomic mass is 9.86. The van der Waals surface area contributed by atoms with Crippen LogP contribution in [0.25, 0.3) is 21.7 Å². The first-order valence-corrected chi connectivity index (χ1v) is 11.9. The number of benzene rings is 2. The fourth-order valence-corrected chi connectivity index (χ4v) is 5.53. The van der Waals surface area contributed by atoms with Crippen molar-refractivity contribution < 1.29 is 9.18 Å². The van der Waals surface area contributed by atoms with Crippen LogP contribution in [0.5, 0.6) is 0 Å². The Morgan fingerprint density at radius 3 is 2.76 bits per heavy atom. The summed E-state index contributed by atoms with van der Waals surface area (Å²) in [7, 11) is 1.92. The number of amides is 1. The number of nitrogens with one attached hydrogen (secondary N) is 2. The third-order valence-corrected chi connectivity index (χ3v) is 7.25. The lowest BCUT2D eigenvalue weighted by molar-refractivity contribution is 0.0928. The quantitative estimate of drug-likeness (QED) is 0.396. The third-order valence-electron chi connectivity index (χ3n) is 6.16. The van der Waals surface area contributed by atoms with E-state index in [1.54, 1.807) is 12.1 Å². The van der Waals surface area contributed by atoms with Gasteiger partial charge in [-0.1, -0.05) is 42.5 Å². The second-order valence-electron chi connectivity index (χ2n) is 8.29. The number of aromatic nitrogens is 2. The number of carbonyl (C=O) groups excluding carboxylic acids is 1. The monoisotopic (exact) mass is 496 g/mol. The van der Waals surface area contributed by atoms with Crippen LogP contribution in [0.2, 0.25) is 0 Å². The van der Waals surface area contributed by atoms with Crippen molar-refractivity contribution in [1.29, 1.82) is 0 Å². The molecule has 2 aromatic heterocycles. The van der Waals surface area contributed by atoms with Crippen LogP contribution >= 0.6 is 23.7 Å². The average molecular weight is 497 g/mol. The van der Waals surface area contributed by atoms with Crippen LogP contribution in [0.3, 0.4) is 0 Å². The van der Waals surface area contributed by atoms with E-state index in [0.717, 1.165) is 40.2 Å². The third kappa shape index (κ3) is 4.92. The Morgan fingerprint density at radius 2 is 1.97 bits per heavy atom.